The molecule has 0 aromatic heterocycles. The minimum atomic E-state index is -1.24. The predicted octanol–water partition coefficient (Wildman–Crippen LogP) is -0.993. The molecule has 0 spiro atoms. The first kappa shape index (κ1) is 4.98. The molecule has 2 N–H and O–H groups in total. The van der Waals surface area contributed by atoms with Crippen LogP contribution in [0.5, 0.6) is 0 Å². The van der Waals surface area contributed by atoms with Crippen LogP contribution in [0.1, 0.15) is 0 Å². The van der Waals surface area contributed by atoms with Crippen molar-refractivity contribution in [2.45, 2.75) is 13.0 Å². The third-order valence-corrected chi connectivity index (χ3v) is 0.298. The fraction of sp³-hybridized carbons (Fsp3) is 1.00. The van der Waals surface area contributed by atoms with Crippen LogP contribution in [0.15, 0.2) is 0 Å². The Balaban J connectivity index is 2.54. The zero-order chi connectivity index (χ0) is 4.28. The predicted molar refractivity (Wildman–Crippen MR) is 19.8 cm³/mol. The van der Waals surface area contributed by atoms with Gasteiger partial charge in [0, 0.05) is 0 Å². The van der Waals surface area contributed by atoms with Crippen molar-refractivity contribution in [3.05, 3.63) is 0 Å². The van der Waals surface area contributed by atoms with E-state index in [1.807, 2.05) is 0 Å². The van der Waals surface area contributed by atoms with Crippen LogP contribution in [-0.4, -0.2) is 23.7 Å². The Labute approximate surface area is 31.7 Å². The van der Waals surface area contributed by atoms with Gasteiger partial charge in [-0.15, -0.1) is 0 Å². The fourth-order valence-corrected chi connectivity index (χ4v) is 0. The summed E-state index contributed by atoms with van der Waals surface area (Å²) < 4.78 is 0. The molecule has 0 atom stereocenters. The van der Waals surface area contributed by atoms with Gasteiger partial charge >= 0.3 is 0 Å². The summed E-state index contributed by atoms with van der Waals surface area (Å²) in [4.78, 5) is 0. The molecule has 0 amide bonds. The van der Waals surface area contributed by atoms with Gasteiger partial charge in [-0.25, -0.2) is 0 Å². The highest BCUT2D eigenvalue weighted by atomic mass is 16.5. The van der Waals surface area contributed by atoms with Gasteiger partial charge < -0.3 is 10.2 Å². The van der Waals surface area contributed by atoms with E-state index >= 15 is 0 Å². The SMILES string of the molecule is C[B]C(O)O. The van der Waals surface area contributed by atoms with E-state index in [1.165, 1.54) is 7.28 Å². The second-order valence-corrected chi connectivity index (χ2v) is 0.747. The molecule has 29 valence electrons. The van der Waals surface area contributed by atoms with E-state index in [0.717, 1.165) is 0 Å². The Bertz CT molecular complexity index is 21.6. The van der Waals surface area contributed by atoms with Crippen LogP contribution in [0.2, 0.25) is 6.82 Å². The van der Waals surface area contributed by atoms with Gasteiger partial charge in [-0.2, -0.15) is 0 Å². The zero-order valence-corrected chi connectivity index (χ0v) is 3.05. The first-order chi connectivity index (χ1) is 2.27. The second-order valence-electron chi connectivity index (χ2n) is 0.747. The van der Waals surface area contributed by atoms with Crippen LogP contribution in [0.25, 0.3) is 0 Å². The Morgan fingerprint density at radius 3 is 1.80 bits per heavy atom. The Hall–Kier alpha value is -0.0151. The summed E-state index contributed by atoms with van der Waals surface area (Å²) in [5, 5.41) is 15.7. The minimum Gasteiger partial charge on any atom is -0.377 e. The molecule has 0 aliphatic rings. The topological polar surface area (TPSA) is 40.5 Å². The molecular formula is C2H6BO2. The molecule has 0 aromatic carbocycles. The van der Waals surface area contributed by atoms with Crippen molar-refractivity contribution in [3.8, 4) is 0 Å². The maximum atomic E-state index is 7.86. The fourth-order valence-electron chi connectivity index (χ4n) is 0. The Morgan fingerprint density at radius 1 is 1.60 bits per heavy atom. The van der Waals surface area contributed by atoms with Crippen LogP contribution in [0, 0.1) is 0 Å². The van der Waals surface area contributed by atoms with Gasteiger partial charge in [-0.3, -0.25) is 0 Å². The number of rotatable bonds is 1. The van der Waals surface area contributed by atoms with Gasteiger partial charge in [0.1, 0.15) is 6.19 Å². The summed E-state index contributed by atoms with van der Waals surface area (Å²) in [6, 6.07) is 0. The van der Waals surface area contributed by atoms with E-state index in [4.69, 9.17) is 10.2 Å². The summed E-state index contributed by atoms with van der Waals surface area (Å²) in [6.07, 6.45) is -1.24. The summed E-state index contributed by atoms with van der Waals surface area (Å²) in [6.45, 7) is 1.57. The third-order valence-electron chi connectivity index (χ3n) is 0.298. The molecule has 1 radical (unpaired) electrons. The molecule has 0 aromatic rings. The van der Waals surface area contributed by atoms with Crippen LogP contribution < -0.4 is 0 Å². The average Bonchev–Trinajstić information content (AvgIpc) is 1.38. The first-order valence-electron chi connectivity index (χ1n) is 1.43. The molecule has 0 unspecified atom stereocenters. The Morgan fingerprint density at radius 2 is 1.80 bits per heavy atom. The van der Waals surface area contributed by atoms with Crippen molar-refractivity contribution in [1.82, 2.24) is 0 Å². The summed E-state index contributed by atoms with van der Waals surface area (Å²) in [5.74, 6) is 0. The van der Waals surface area contributed by atoms with E-state index in [-0.39, 0.29) is 0 Å². The standard InChI is InChI=1S/C2H6BO2/c1-3-2(4)5/h2,4-5H,1H3. The lowest BCUT2D eigenvalue weighted by Gasteiger charge is -1.88. The number of hydrogen-bond acceptors (Lipinski definition) is 2. The maximum Gasteiger partial charge on any atom is 0.182 e. The average molecular weight is 72.9 g/mol. The quantitative estimate of drug-likeness (QED) is 0.309. The van der Waals surface area contributed by atoms with Gasteiger partial charge in [0.2, 0.25) is 0 Å². The third kappa shape index (κ3) is 3.98. The summed E-state index contributed by atoms with van der Waals surface area (Å²) >= 11 is 0. The molecule has 0 bridgehead atoms. The van der Waals surface area contributed by atoms with E-state index in [0.29, 0.717) is 0 Å². The van der Waals surface area contributed by atoms with Crippen molar-refractivity contribution in [1.29, 1.82) is 0 Å². The molecule has 0 aliphatic carbocycles. The van der Waals surface area contributed by atoms with Crippen molar-refractivity contribution in [2.75, 3.05) is 0 Å². The highest BCUT2D eigenvalue weighted by Crippen LogP contribution is 1.62. The normalized spacial score (nSPS) is 8.80. The second kappa shape index (κ2) is 2.24. The molecule has 5 heavy (non-hydrogen) atoms. The molecular weight excluding hydrogens is 66.8 g/mol. The van der Waals surface area contributed by atoms with Gasteiger partial charge in [0.05, 0.1) is 0 Å². The molecule has 3 heteroatoms. The van der Waals surface area contributed by atoms with Gasteiger partial charge in [-0.05, 0) is 0 Å². The highest BCUT2D eigenvalue weighted by molar-refractivity contribution is 6.34. The van der Waals surface area contributed by atoms with Gasteiger partial charge in [0.15, 0.2) is 7.28 Å². The largest absolute Gasteiger partial charge is 0.377 e. The van der Waals surface area contributed by atoms with Crippen LogP contribution in [-0.2, 0) is 0 Å². The smallest absolute Gasteiger partial charge is 0.182 e. The zero-order valence-electron chi connectivity index (χ0n) is 3.05. The van der Waals surface area contributed by atoms with E-state index in [1.54, 1.807) is 6.82 Å². The lowest BCUT2D eigenvalue weighted by atomic mass is 9.82. The number of aliphatic hydroxyl groups excluding tert-OH is 1. The number of aliphatic hydroxyl groups is 2. The molecule has 0 saturated heterocycles. The highest BCUT2D eigenvalue weighted by Gasteiger charge is 1.86. The van der Waals surface area contributed by atoms with E-state index in [9.17, 15) is 0 Å². The van der Waals surface area contributed by atoms with Crippen molar-refractivity contribution < 1.29 is 10.2 Å². The molecule has 0 saturated carbocycles. The van der Waals surface area contributed by atoms with Gasteiger partial charge in [0.25, 0.3) is 0 Å². The van der Waals surface area contributed by atoms with E-state index < -0.39 is 6.19 Å². The maximum absolute atomic E-state index is 7.86. The first-order valence-corrected chi connectivity index (χ1v) is 1.43. The van der Waals surface area contributed by atoms with Crippen LogP contribution >= 0.6 is 0 Å². The van der Waals surface area contributed by atoms with Gasteiger partial charge in [-0.1, -0.05) is 6.82 Å². The summed E-state index contributed by atoms with van der Waals surface area (Å²) in [7, 11) is 1.28. The van der Waals surface area contributed by atoms with Crippen molar-refractivity contribution in [3.63, 3.8) is 0 Å². The van der Waals surface area contributed by atoms with Crippen molar-refractivity contribution >= 4 is 7.28 Å². The molecule has 0 rings (SSSR count). The summed E-state index contributed by atoms with van der Waals surface area (Å²) in [5.41, 5.74) is 0. The molecule has 0 fully saturated rings. The minimum absolute atomic E-state index is 1.24. The van der Waals surface area contributed by atoms with E-state index in [2.05, 4.69) is 0 Å². The lowest BCUT2D eigenvalue weighted by molar-refractivity contribution is 0.0296. The Kier molecular flexibility index (Phi) is 2.23. The number of hydrogen-bond donors (Lipinski definition) is 2. The van der Waals surface area contributed by atoms with Crippen molar-refractivity contribution in [2.24, 2.45) is 0 Å². The van der Waals surface area contributed by atoms with Crippen LogP contribution in [0.3, 0.4) is 0 Å². The lowest BCUT2D eigenvalue weighted by Crippen LogP contribution is -2.09. The monoisotopic (exact) mass is 73.0 g/mol. The molecule has 0 aliphatic heterocycles. The van der Waals surface area contributed by atoms with Crippen LogP contribution in [0.4, 0.5) is 0 Å². The molecule has 0 heterocycles. The molecule has 2 nitrogen and oxygen atoms in total.